The summed E-state index contributed by atoms with van der Waals surface area (Å²) in [4.78, 5) is 2.58. The van der Waals surface area contributed by atoms with Crippen molar-refractivity contribution in [2.75, 3.05) is 19.7 Å². The van der Waals surface area contributed by atoms with Gasteiger partial charge in [-0.1, -0.05) is 12.8 Å². The first-order valence-corrected chi connectivity index (χ1v) is 7.80. The Morgan fingerprint density at radius 1 is 1.17 bits per heavy atom. The molecule has 1 heterocycles. The fourth-order valence-electron chi connectivity index (χ4n) is 3.60. The molecule has 1 aliphatic heterocycles. The summed E-state index contributed by atoms with van der Waals surface area (Å²) in [5.74, 6) is 0.671. The number of piperidine rings is 1. The van der Waals surface area contributed by atoms with E-state index in [-0.39, 0.29) is 0 Å². The van der Waals surface area contributed by atoms with E-state index in [1.54, 1.807) is 0 Å². The number of hydrogen-bond donors (Lipinski definition) is 2. The molecule has 1 saturated carbocycles. The molecule has 0 bridgehead atoms. The van der Waals surface area contributed by atoms with Gasteiger partial charge >= 0.3 is 0 Å². The van der Waals surface area contributed by atoms with Gasteiger partial charge in [0, 0.05) is 37.8 Å². The molecule has 1 aliphatic carbocycles. The molecule has 2 fully saturated rings. The number of likely N-dealkylation sites (tertiary alicyclic amines) is 1. The Kier molecular flexibility index (Phi) is 5.46. The van der Waals surface area contributed by atoms with E-state index in [1.807, 2.05) is 0 Å². The van der Waals surface area contributed by atoms with Gasteiger partial charge in [-0.3, -0.25) is 4.90 Å². The average Bonchev–Trinajstić information content (AvgIpc) is 2.82. The van der Waals surface area contributed by atoms with Crippen molar-refractivity contribution < 1.29 is 5.11 Å². The lowest BCUT2D eigenvalue weighted by atomic mass is 9.90. The van der Waals surface area contributed by atoms with E-state index in [4.69, 9.17) is 0 Å². The van der Waals surface area contributed by atoms with E-state index >= 15 is 0 Å². The second-order valence-electron chi connectivity index (χ2n) is 6.51. The highest BCUT2D eigenvalue weighted by Crippen LogP contribution is 2.24. The molecule has 2 rings (SSSR count). The minimum atomic E-state index is 0.340. The second-order valence-corrected chi connectivity index (χ2v) is 6.51. The van der Waals surface area contributed by atoms with Crippen LogP contribution in [0.2, 0.25) is 0 Å². The first kappa shape index (κ1) is 14.3. The average molecular weight is 254 g/mol. The van der Waals surface area contributed by atoms with Gasteiger partial charge in [0.05, 0.1) is 0 Å². The lowest BCUT2D eigenvalue weighted by molar-refractivity contribution is 0.0926. The summed E-state index contributed by atoms with van der Waals surface area (Å²) < 4.78 is 0. The standard InChI is InChI=1S/C15H30N2O/c1-12(2)17-10-13(7-8-18)9-15(11-17)16-14-5-3-4-6-14/h12-16,18H,3-11H2,1-2H3. The van der Waals surface area contributed by atoms with E-state index in [1.165, 1.54) is 45.2 Å². The van der Waals surface area contributed by atoms with Gasteiger partial charge in [-0.05, 0) is 45.4 Å². The monoisotopic (exact) mass is 254 g/mol. The molecule has 3 heteroatoms. The summed E-state index contributed by atoms with van der Waals surface area (Å²) in [6.07, 6.45) is 7.74. The smallest absolute Gasteiger partial charge is 0.0434 e. The van der Waals surface area contributed by atoms with Crippen LogP contribution in [0.15, 0.2) is 0 Å². The van der Waals surface area contributed by atoms with Crippen LogP contribution in [0.1, 0.15) is 52.4 Å². The van der Waals surface area contributed by atoms with Crippen LogP contribution >= 0.6 is 0 Å². The van der Waals surface area contributed by atoms with E-state index in [0.29, 0.717) is 24.6 Å². The highest BCUT2D eigenvalue weighted by Gasteiger charge is 2.29. The Bertz CT molecular complexity index is 237. The van der Waals surface area contributed by atoms with E-state index in [9.17, 15) is 5.11 Å². The van der Waals surface area contributed by atoms with Crippen molar-refractivity contribution in [2.45, 2.75) is 70.5 Å². The van der Waals surface area contributed by atoms with Crippen LogP contribution in [-0.2, 0) is 0 Å². The predicted octanol–water partition coefficient (Wildman–Crippen LogP) is 2.00. The highest BCUT2D eigenvalue weighted by molar-refractivity contribution is 4.88. The zero-order valence-electron chi connectivity index (χ0n) is 12.1. The van der Waals surface area contributed by atoms with Crippen molar-refractivity contribution in [1.82, 2.24) is 10.2 Å². The maximum atomic E-state index is 9.17. The molecule has 106 valence electrons. The van der Waals surface area contributed by atoms with E-state index in [0.717, 1.165) is 12.5 Å². The summed E-state index contributed by atoms with van der Waals surface area (Å²) in [5.41, 5.74) is 0. The molecular formula is C15H30N2O. The number of nitrogens with one attached hydrogen (secondary N) is 1. The molecule has 2 atom stereocenters. The van der Waals surface area contributed by atoms with Crippen molar-refractivity contribution in [3.63, 3.8) is 0 Å². The predicted molar refractivity (Wildman–Crippen MR) is 75.7 cm³/mol. The van der Waals surface area contributed by atoms with Gasteiger partial charge in [0.1, 0.15) is 0 Å². The molecule has 2 N–H and O–H groups in total. The zero-order valence-corrected chi connectivity index (χ0v) is 12.1. The zero-order chi connectivity index (χ0) is 13.0. The van der Waals surface area contributed by atoms with Crippen LogP contribution in [0.25, 0.3) is 0 Å². The van der Waals surface area contributed by atoms with Crippen molar-refractivity contribution in [3.8, 4) is 0 Å². The van der Waals surface area contributed by atoms with Crippen molar-refractivity contribution in [2.24, 2.45) is 5.92 Å². The summed E-state index contributed by atoms with van der Waals surface area (Å²) >= 11 is 0. The van der Waals surface area contributed by atoms with Crippen LogP contribution in [-0.4, -0.2) is 47.8 Å². The molecule has 2 unspecified atom stereocenters. The lowest BCUT2D eigenvalue weighted by Crippen LogP contribution is -2.53. The molecule has 18 heavy (non-hydrogen) atoms. The summed E-state index contributed by atoms with van der Waals surface area (Å²) in [6, 6.07) is 2.03. The van der Waals surface area contributed by atoms with Crippen molar-refractivity contribution in [1.29, 1.82) is 0 Å². The largest absolute Gasteiger partial charge is 0.396 e. The van der Waals surface area contributed by atoms with Crippen molar-refractivity contribution in [3.05, 3.63) is 0 Å². The molecule has 0 spiro atoms. The minimum absolute atomic E-state index is 0.340. The number of rotatable bonds is 5. The normalized spacial score (nSPS) is 31.3. The van der Waals surface area contributed by atoms with Gasteiger partial charge in [0.25, 0.3) is 0 Å². The molecule has 0 aromatic heterocycles. The Labute approximate surface area is 112 Å². The quantitative estimate of drug-likeness (QED) is 0.788. The van der Waals surface area contributed by atoms with Gasteiger partial charge in [-0.15, -0.1) is 0 Å². The van der Waals surface area contributed by atoms with E-state index in [2.05, 4.69) is 24.1 Å². The second kappa shape index (κ2) is 6.88. The van der Waals surface area contributed by atoms with Gasteiger partial charge in [0.2, 0.25) is 0 Å². The van der Waals surface area contributed by atoms with Gasteiger partial charge in [0.15, 0.2) is 0 Å². The van der Waals surface area contributed by atoms with Crippen LogP contribution in [0, 0.1) is 5.92 Å². The molecule has 0 radical (unpaired) electrons. The fraction of sp³-hybridized carbons (Fsp3) is 1.00. The summed E-state index contributed by atoms with van der Waals surface area (Å²) in [7, 11) is 0. The number of nitrogens with zero attached hydrogens (tertiary/aromatic N) is 1. The third kappa shape index (κ3) is 3.94. The van der Waals surface area contributed by atoms with Crippen LogP contribution < -0.4 is 5.32 Å². The maximum absolute atomic E-state index is 9.17. The molecule has 0 aromatic carbocycles. The van der Waals surface area contributed by atoms with Gasteiger partial charge in [-0.2, -0.15) is 0 Å². The lowest BCUT2D eigenvalue weighted by Gasteiger charge is -2.41. The maximum Gasteiger partial charge on any atom is 0.0434 e. The van der Waals surface area contributed by atoms with Crippen molar-refractivity contribution >= 4 is 0 Å². The highest BCUT2D eigenvalue weighted by atomic mass is 16.3. The number of aliphatic hydroxyl groups excluding tert-OH is 1. The molecule has 3 nitrogen and oxygen atoms in total. The van der Waals surface area contributed by atoms with Crippen LogP contribution in [0.5, 0.6) is 0 Å². The Morgan fingerprint density at radius 3 is 2.50 bits per heavy atom. The Hall–Kier alpha value is -0.120. The summed E-state index contributed by atoms with van der Waals surface area (Å²) in [5, 5.41) is 13.0. The molecule has 0 amide bonds. The minimum Gasteiger partial charge on any atom is -0.396 e. The number of hydrogen-bond acceptors (Lipinski definition) is 3. The van der Waals surface area contributed by atoms with E-state index < -0.39 is 0 Å². The SMILES string of the molecule is CC(C)N1CC(CCO)CC(NC2CCCC2)C1. The third-order valence-corrected chi connectivity index (χ3v) is 4.66. The first-order valence-electron chi connectivity index (χ1n) is 7.80. The third-order valence-electron chi connectivity index (χ3n) is 4.66. The Balaban J connectivity index is 1.87. The van der Waals surface area contributed by atoms with Gasteiger partial charge in [-0.25, -0.2) is 0 Å². The van der Waals surface area contributed by atoms with Crippen LogP contribution in [0.3, 0.4) is 0 Å². The Morgan fingerprint density at radius 2 is 1.89 bits per heavy atom. The first-order chi connectivity index (χ1) is 8.69. The fourth-order valence-corrected chi connectivity index (χ4v) is 3.60. The molecule has 1 saturated heterocycles. The summed E-state index contributed by atoms with van der Waals surface area (Å²) in [6.45, 7) is 7.27. The molecule has 2 aliphatic rings. The molecule has 0 aromatic rings. The van der Waals surface area contributed by atoms with Crippen LogP contribution in [0.4, 0.5) is 0 Å². The molecular weight excluding hydrogens is 224 g/mol. The van der Waals surface area contributed by atoms with Gasteiger partial charge < -0.3 is 10.4 Å². The number of aliphatic hydroxyl groups is 1. The topological polar surface area (TPSA) is 35.5 Å².